The molecule has 0 fully saturated rings. The van der Waals surface area contributed by atoms with Gasteiger partial charge >= 0.3 is 0 Å². The van der Waals surface area contributed by atoms with Gasteiger partial charge in [0, 0.05) is 4.32 Å². The number of rotatable bonds is 2. The van der Waals surface area contributed by atoms with Crippen LogP contribution in [0.1, 0.15) is 24.2 Å². The lowest BCUT2D eigenvalue weighted by Crippen LogP contribution is -2.16. The molecule has 1 aromatic rings. The monoisotopic (exact) mass is 290 g/mol. The van der Waals surface area contributed by atoms with Crippen LogP contribution in [0.4, 0.5) is 0 Å². The molecule has 0 aromatic heterocycles. The van der Waals surface area contributed by atoms with E-state index in [-0.39, 0.29) is 4.32 Å². The Labute approximate surface area is 90.6 Å². The molecule has 0 unspecified atom stereocenters. The maximum atomic E-state index is 3.66. The number of benzene rings is 1. The van der Waals surface area contributed by atoms with Crippen molar-refractivity contribution in [3.05, 3.63) is 35.9 Å². The summed E-state index contributed by atoms with van der Waals surface area (Å²) in [6.45, 7) is 4.30. The molecule has 2 heteroatoms. The van der Waals surface area contributed by atoms with Gasteiger partial charge < -0.3 is 0 Å². The van der Waals surface area contributed by atoms with Crippen LogP contribution < -0.4 is 0 Å². The molecule has 0 amide bonds. The molecule has 0 aliphatic heterocycles. The molecular formula is C10H12Br2. The molecule has 12 heavy (non-hydrogen) atoms. The molecule has 0 bridgehead atoms. The van der Waals surface area contributed by atoms with Gasteiger partial charge in [0.25, 0.3) is 0 Å². The molecule has 1 atom stereocenters. The Kier molecular flexibility index (Phi) is 3.36. The average Bonchev–Trinajstić information content (AvgIpc) is 2.03. The summed E-state index contributed by atoms with van der Waals surface area (Å²) in [6, 6.07) is 10.4. The summed E-state index contributed by atoms with van der Waals surface area (Å²) in [7, 11) is 0. The molecule has 0 radical (unpaired) electrons. The van der Waals surface area contributed by atoms with Crippen LogP contribution in [0, 0.1) is 0 Å². The Morgan fingerprint density at radius 3 is 2.08 bits per heavy atom. The third-order valence-corrected chi connectivity index (χ3v) is 4.44. The highest BCUT2D eigenvalue weighted by molar-refractivity contribution is 9.12. The van der Waals surface area contributed by atoms with E-state index in [1.54, 1.807) is 0 Å². The molecule has 0 heterocycles. The second kappa shape index (κ2) is 3.93. The SMILES string of the molecule is CC(C)(Br)[C@H](Br)c1ccccc1. The fraction of sp³-hybridized carbons (Fsp3) is 0.400. The van der Waals surface area contributed by atoms with Crippen LogP contribution >= 0.6 is 31.9 Å². The molecule has 1 rings (SSSR count). The first-order valence-corrected chi connectivity index (χ1v) is 5.60. The first kappa shape index (κ1) is 10.3. The first-order chi connectivity index (χ1) is 5.52. The predicted molar refractivity (Wildman–Crippen MR) is 61.1 cm³/mol. The maximum absolute atomic E-state index is 3.66. The Morgan fingerprint density at radius 2 is 1.67 bits per heavy atom. The second-order valence-corrected chi connectivity index (χ2v) is 6.30. The standard InChI is InChI=1S/C10H12Br2/c1-10(2,12)9(11)8-6-4-3-5-7-8/h3-7,9H,1-2H3/t9-/m1/s1. The summed E-state index contributed by atoms with van der Waals surface area (Å²) in [5.74, 6) is 0. The fourth-order valence-electron chi connectivity index (χ4n) is 1.02. The first-order valence-electron chi connectivity index (χ1n) is 3.90. The van der Waals surface area contributed by atoms with Crippen molar-refractivity contribution in [2.24, 2.45) is 0 Å². The number of hydrogen-bond donors (Lipinski definition) is 0. The van der Waals surface area contributed by atoms with Crippen molar-refractivity contribution in [3.63, 3.8) is 0 Å². The summed E-state index contributed by atoms with van der Waals surface area (Å²) >= 11 is 7.29. The van der Waals surface area contributed by atoms with Crippen molar-refractivity contribution in [2.75, 3.05) is 0 Å². The lowest BCUT2D eigenvalue weighted by molar-refractivity contribution is 0.718. The van der Waals surface area contributed by atoms with E-state index in [1.165, 1.54) is 5.56 Å². The second-order valence-electron chi connectivity index (χ2n) is 3.34. The van der Waals surface area contributed by atoms with E-state index in [4.69, 9.17) is 0 Å². The topological polar surface area (TPSA) is 0 Å². The van der Waals surface area contributed by atoms with Gasteiger partial charge in [0.05, 0.1) is 4.83 Å². The van der Waals surface area contributed by atoms with Crippen LogP contribution in [0.15, 0.2) is 30.3 Å². The zero-order chi connectivity index (χ0) is 9.19. The Balaban J connectivity index is 2.86. The normalized spacial score (nSPS) is 14.3. The van der Waals surface area contributed by atoms with Gasteiger partial charge in [-0.2, -0.15) is 0 Å². The van der Waals surface area contributed by atoms with Gasteiger partial charge in [-0.1, -0.05) is 62.2 Å². The Bertz CT molecular complexity index is 236. The third-order valence-electron chi connectivity index (χ3n) is 1.69. The minimum absolute atomic E-state index is 0.0916. The molecule has 0 aliphatic rings. The van der Waals surface area contributed by atoms with Crippen LogP contribution in [-0.2, 0) is 0 Å². The van der Waals surface area contributed by atoms with E-state index in [0.717, 1.165) is 0 Å². The van der Waals surface area contributed by atoms with E-state index >= 15 is 0 Å². The lowest BCUT2D eigenvalue weighted by Gasteiger charge is -2.23. The van der Waals surface area contributed by atoms with Gasteiger partial charge in [-0.05, 0) is 19.4 Å². The summed E-state index contributed by atoms with van der Waals surface area (Å²) in [6.07, 6.45) is 0. The molecular weight excluding hydrogens is 280 g/mol. The van der Waals surface area contributed by atoms with Crippen molar-refractivity contribution in [2.45, 2.75) is 23.0 Å². The van der Waals surface area contributed by atoms with Crippen molar-refractivity contribution in [3.8, 4) is 0 Å². The van der Waals surface area contributed by atoms with Gasteiger partial charge in [0.2, 0.25) is 0 Å². The molecule has 0 aliphatic carbocycles. The van der Waals surface area contributed by atoms with Crippen molar-refractivity contribution >= 4 is 31.9 Å². The van der Waals surface area contributed by atoms with Gasteiger partial charge in [-0.25, -0.2) is 0 Å². The van der Waals surface area contributed by atoms with Crippen LogP contribution in [0.25, 0.3) is 0 Å². The van der Waals surface area contributed by atoms with E-state index in [2.05, 4.69) is 70.0 Å². The zero-order valence-corrected chi connectivity index (χ0v) is 10.4. The van der Waals surface area contributed by atoms with Gasteiger partial charge in [-0.15, -0.1) is 0 Å². The van der Waals surface area contributed by atoms with Crippen LogP contribution in [0.5, 0.6) is 0 Å². The van der Waals surface area contributed by atoms with Crippen molar-refractivity contribution in [1.82, 2.24) is 0 Å². The van der Waals surface area contributed by atoms with E-state index < -0.39 is 0 Å². The van der Waals surface area contributed by atoms with Crippen LogP contribution in [0.3, 0.4) is 0 Å². The molecule has 0 saturated carbocycles. The highest BCUT2D eigenvalue weighted by atomic mass is 79.9. The van der Waals surface area contributed by atoms with Crippen molar-refractivity contribution < 1.29 is 0 Å². The summed E-state index contributed by atoms with van der Waals surface area (Å²) in [5, 5.41) is 0. The van der Waals surface area contributed by atoms with Gasteiger partial charge in [0.1, 0.15) is 0 Å². The molecule has 0 saturated heterocycles. The molecule has 0 spiro atoms. The molecule has 1 aromatic carbocycles. The van der Waals surface area contributed by atoms with E-state index in [9.17, 15) is 0 Å². The summed E-state index contributed by atoms with van der Waals surface area (Å²) in [4.78, 5) is 0.353. The number of halogens is 2. The Morgan fingerprint density at radius 1 is 1.17 bits per heavy atom. The Hall–Kier alpha value is 0.180. The average molecular weight is 292 g/mol. The highest BCUT2D eigenvalue weighted by Crippen LogP contribution is 2.39. The number of alkyl halides is 2. The fourth-order valence-corrected chi connectivity index (χ4v) is 1.59. The third kappa shape index (κ3) is 2.60. The van der Waals surface area contributed by atoms with Gasteiger partial charge in [0.15, 0.2) is 0 Å². The minimum Gasteiger partial charge on any atom is -0.0844 e. The molecule has 0 N–H and O–H groups in total. The number of hydrogen-bond acceptors (Lipinski definition) is 0. The van der Waals surface area contributed by atoms with E-state index in [1.807, 2.05) is 6.07 Å². The predicted octanol–water partition coefficient (Wildman–Crippen LogP) is 4.30. The lowest BCUT2D eigenvalue weighted by atomic mass is 10.0. The zero-order valence-electron chi connectivity index (χ0n) is 7.22. The quantitative estimate of drug-likeness (QED) is 0.713. The van der Waals surface area contributed by atoms with Gasteiger partial charge in [-0.3, -0.25) is 0 Å². The van der Waals surface area contributed by atoms with Crippen LogP contribution in [0.2, 0.25) is 0 Å². The summed E-state index contributed by atoms with van der Waals surface area (Å²) < 4.78 is 0.0916. The van der Waals surface area contributed by atoms with Crippen molar-refractivity contribution in [1.29, 1.82) is 0 Å². The molecule has 0 nitrogen and oxygen atoms in total. The highest BCUT2D eigenvalue weighted by Gasteiger charge is 2.24. The largest absolute Gasteiger partial charge is 0.0844 e. The molecule has 66 valence electrons. The van der Waals surface area contributed by atoms with Crippen LogP contribution in [-0.4, -0.2) is 4.32 Å². The smallest absolute Gasteiger partial charge is 0.0543 e. The van der Waals surface area contributed by atoms with E-state index in [0.29, 0.717) is 4.83 Å². The maximum Gasteiger partial charge on any atom is 0.0543 e. The minimum atomic E-state index is 0.0916. The summed E-state index contributed by atoms with van der Waals surface area (Å²) in [5.41, 5.74) is 1.30.